The molecule has 142 valence electrons. The second-order valence-electron chi connectivity index (χ2n) is 6.54. The van der Waals surface area contributed by atoms with E-state index in [1.165, 1.54) is 25.7 Å². The first-order valence-electron chi connectivity index (χ1n) is 9.46. The zero-order valence-corrected chi connectivity index (χ0v) is 17.3. The highest BCUT2D eigenvalue weighted by Gasteiger charge is 2.26. The van der Waals surface area contributed by atoms with Crippen LogP contribution in [0, 0.1) is 11.3 Å². The van der Waals surface area contributed by atoms with Crippen molar-refractivity contribution in [3.8, 4) is 6.07 Å². The van der Waals surface area contributed by atoms with Gasteiger partial charge in [-0.2, -0.15) is 5.26 Å². The summed E-state index contributed by atoms with van der Waals surface area (Å²) in [5.74, 6) is 0. The second-order valence-corrected chi connectivity index (χ2v) is 8.00. The van der Waals surface area contributed by atoms with Crippen LogP contribution in [0.5, 0.6) is 0 Å². The van der Waals surface area contributed by atoms with Crippen molar-refractivity contribution in [2.75, 3.05) is 26.3 Å². The molecule has 0 aliphatic carbocycles. The third kappa shape index (κ3) is 12.2. The molecular weight excluding hydrogens is 321 g/mol. The summed E-state index contributed by atoms with van der Waals surface area (Å²) < 4.78 is 14.2. The van der Waals surface area contributed by atoms with Gasteiger partial charge in [0.25, 0.3) is 8.53 Å². The minimum absolute atomic E-state index is 0.364. The van der Waals surface area contributed by atoms with Crippen molar-refractivity contribution in [3.63, 3.8) is 0 Å². The molecule has 0 aromatic carbocycles. The normalized spacial score (nSPS) is 13.0. The van der Waals surface area contributed by atoms with Gasteiger partial charge in [0.1, 0.15) is 0 Å². The van der Waals surface area contributed by atoms with Crippen molar-refractivity contribution >= 4 is 8.53 Å². The summed E-state index contributed by atoms with van der Waals surface area (Å²) in [5.41, 5.74) is 0. The van der Waals surface area contributed by atoms with Gasteiger partial charge in [-0.3, -0.25) is 0 Å². The van der Waals surface area contributed by atoms with Crippen LogP contribution in [0.4, 0.5) is 0 Å². The molecule has 0 saturated heterocycles. The van der Waals surface area contributed by atoms with Crippen LogP contribution in [0.15, 0.2) is 0 Å². The van der Waals surface area contributed by atoms with Gasteiger partial charge in [0.05, 0.1) is 25.7 Å². The standard InChI is InChI=1S/C18H38N3O2P/c1-6-13-20-14-9-7-8-10-15-22-24(23-16-11-12-19)21(17(2)3)18(4)5/h17-18,20H,6-11,13-16H2,1-5H3. The molecule has 24 heavy (non-hydrogen) atoms. The number of nitrogens with zero attached hydrogens (tertiary/aromatic N) is 2. The molecule has 0 fully saturated rings. The Morgan fingerprint density at radius 1 is 0.958 bits per heavy atom. The number of rotatable bonds is 16. The molecule has 0 radical (unpaired) electrons. The Bertz CT molecular complexity index is 314. The monoisotopic (exact) mass is 359 g/mol. The molecule has 6 heteroatoms. The molecule has 0 aliphatic heterocycles. The van der Waals surface area contributed by atoms with E-state index >= 15 is 0 Å². The summed E-state index contributed by atoms with van der Waals surface area (Å²) >= 11 is 0. The van der Waals surface area contributed by atoms with Crippen LogP contribution in [-0.2, 0) is 9.05 Å². The van der Waals surface area contributed by atoms with Crippen LogP contribution in [0.25, 0.3) is 0 Å². The van der Waals surface area contributed by atoms with E-state index in [4.69, 9.17) is 14.3 Å². The summed E-state index contributed by atoms with van der Waals surface area (Å²) in [6.45, 7) is 14.3. The predicted molar refractivity (Wildman–Crippen MR) is 103 cm³/mol. The highest BCUT2D eigenvalue weighted by molar-refractivity contribution is 7.44. The summed E-state index contributed by atoms with van der Waals surface area (Å²) in [5, 5.41) is 12.1. The van der Waals surface area contributed by atoms with E-state index in [2.05, 4.69) is 50.7 Å². The fourth-order valence-corrected chi connectivity index (χ4v) is 4.09. The molecule has 0 bridgehead atoms. The topological polar surface area (TPSA) is 57.5 Å². The number of hydrogen-bond donors (Lipinski definition) is 1. The van der Waals surface area contributed by atoms with Crippen molar-refractivity contribution in [2.24, 2.45) is 0 Å². The average Bonchev–Trinajstić information content (AvgIpc) is 2.52. The van der Waals surface area contributed by atoms with Gasteiger partial charge >= 0.3 is 0 Å². The molecule has 0 saturated carbocycles. The maximum absolute atomic E-state index is 8.70. The zero-order chi connectivity index (χ0) is 18.2. The highest BCUT2D eigenvalue weighted by Crippen LogP contribution is 2.46. The van der Waals surface area contributed by atoms with E-state index in [-0.39, 0.29) is 0 Å². The lowest BCUT2D eigenvalue weighted by atomic mass is 10.2. The Kier molecular flexibility index (Phi) is 16.1. The van der Waals surface area contributed by atoms with Crippen LogP contribution >= 0.6 is 8.53 Å². The lowest BCUT2D eigenvalue weighted by molar-refractivity contribution is 0.174. The van der Waals surface area contributed by atoms with Gasteiger partial charge in [0.2, 0.25) is 0 Å². The van der Waals surface area contributed by atoms with Gasteiger partial charge in [-0.1, -0.05) is 19.8 Å². The summed E-state index contributed by atoms with van der Waals surface area (Å²) in [4.78, 5) is 0. The Morgan fingerprint density at radius 2 is 1.58 bits per heavy atom. The van der Waals surface area contributed by atoms with Crippen molar-refractivity contribution in [1.82, 2.24) is 9.99 Å². The van der Waals surface area contributed by atoms with Gasteiger partial charge in [-0.15, -0.1) is 0 Å². The quantitative estimate of drug-likeness (QED) is 0.316. The lowest BCUT2D eigenvalue weighted by Crippen LogP contribution is -2.33. The lowest BCUT2D eigenvalue weighted by Gasteiger charge is -2.35. The summed E-state index contributed by atoms with van der Waals surface area (Å²) in [7, 11) is -1.08. The summed E-state index contributed by atoms with van der Waals surface area (Å²) in [6.07, 6.45) is 6.35. The molecule has 5 nitrogen and oxygen atoms in total. The van der Waals surface area contributed by atoms with E-state index in [1.54, 1.807) is 0 Å². The SMILES string of the molecule is CCCNCCCCCCOP(OCCC#N)N(C(C)C)C(C)C. The average molecular weight is 359 g/mol. The van der Waals surface area contributed by atoms with Crippen LogP contribution in [0.3, 0.4) is 0 Å². The molecule has 0 heterocycles. The molecule has 0 rings (SSSR count). The van der Waals surface area contributed by atoms with Crippen molar-refractivity contribution in [2.45, 2.75) is 85.2 Å². The second kappa shape index (κ2) is 16.2. The predicted octanol–water partition coefficient (Wildman–Crippen LogP) is 4.84. The minimum atomic E-state index is -1.08. The van der Waals surface area contributed by atoms with Gasteiger partial charge in [0, 0.05) is 12.1 Å². The van der Waals surface area contributed by atoms with Crippen molar-refractivity contribution in [3.05, 3.63) is 0 Å². The molecule has 0 amide bonds. The van der Waals surface area contributed by atoms with E-state index in [9.17, 15) is 0 Å². The number of nitrogens with one attached hydrogen (secondary N) is 1. The molecule has 1 unspecified atom stereocenters. The van der Waals surface area contributed by atoms with E-state index in [0.29, 0.717) is 25.1 Å². The van der Waals surface area contributed by atoms with Gasteiger partial charge in [0.15, 0.2) is 0 Å². The highest BCUT2D eigenvalue weighted by atomic mass is 31.2. The fraction of sp³-hybridized carbons (Fsp3) is 0.944. The van der Waals surface area contributed by atoms with Gasteiger partial charge < -0.3 is 14.4 Å². The minimum Gasteiger partial charge on any atom is -0.322 e. The maximum atomic E-state index is 8.70. The largest absolute Gasteiger partial charge is 0.322 e. The number of unbranched alkanes of at least 4 members (excludes halogenated alkanes) is 3. The van der Waals surface area contributed by atoms with Crippen LogP contribution in [0.1, 0.15) is 73.1 Å². The first-order valence-corrected chi connectivity index (χ1v) is 10.6. The first-order chi connectivity index (χ1) is 11.5. The molecule has 1 atom stereocenters. The third-order valence-electron chi connectivity index (χ3n) is 3.54. The fourth-order valence-electron chi connectivity index (χ4n) is 2.46. The number of nitriles is 1. The Labute approximate surface area is 151 Å². The molecule has 0 aliphatic rings. The molecule has 0 aromatic rings. The molecule has 0 aromatic heterocycles. The smallest absolute Gasteiger partial charge is 0.259 e. The summed E-state index contributed by atoms with van der Waals surface area (Å²) in [6, 6.07) is 2.86. The van der Waals surface area contributed by atoms with Crippen LogP contribution in [0.2, 0.25) is 0 Å². The Morgan fingerprint density at radius 3 is 2.17 bits per heavy atom. The van der Waals surface area contributed by atoms with Crippen molar-refractivity contribution < 1.29 is 9.05 Å². The van der Waals surface area contributed by atoms with Gasteiger partial charge in [-0.25, -0.2) is 4.67 Å². The zero-order valence-electron chi connectivity index (χ0n) is 16.4. The Balaban J connectivity index is 4.06. The van der Waals surface area contributed by atoms with E-state index < -0.39 is 8.53 Å². The Hall–Kier alpha value is -0.240. The van der Waals surface area contributed by atoms with Crippen molar-refractivity contribution in [1.29, 1.82) is 5.26 Å². The van der Waals surface area contributed by atoms with Crippen LogP contribution < -0.4 is 5.32 Å². The third-order valence-corrected chi connectivity index (χ3v) is 5.65. The maximum Gasteiger partial charge on any atom is 0.259 e. The van der Waals surface area contributed by atoms with E-state index in [0.717, 1.165) is 26.1 Å². The molecule has 1 N–H and O–H groups in total. The van der Waals surface area contributed by atoms with E-state index in [1.807, 2.05) is 0 Å². The molecule has 0 spiro atoms. The number of hydrogen-bond acceptors (Lipinski definition) is 5. The first kappa shape index (κ1) is 23.8. The molecular formula is C18H38N3O2P. The van der Waals surface area contributed by atoms with Gasteiger partial charge in [-0.05, 0) is 60.0 Å². The van der Waals surface area contributed by atoms with Crippen LogP contribution in [-0.4, -0.2) is 43.1 Å².